The second kappa shape index (κ2) is 3.64. The van der Waals surface area contributed by atoms with Crippen LogP contribution in [-0.4, -0.2) is 14.9 Å². The summed E-state index contributed by atoms with van der Waals surface area (Å²) in [6.07, 6.45) is 0. The maximum atomic E-state index is 11.6. The first-order valence-corrected chi connectivity index (χ1v) is 4.92. The van der Waals surface area contributed by atoms with Gasteiger partial charge in [0.05, 0.1) is 11.1 Å². The molecule has 0 amide bonds. The Bertz CT molecular complexity index is 645. The molecule has 82 valence electrons. The standard InChI is InChI=1S/C11H8ClNO3/c1-13-7-5-3-2-4-6(7)8(10(12)15)9(14)11(13)16/h2-5,14H,1H3. The number of aromatic nitrogens is 1. The summed E-state index contributed by atoms with van der Waals surface area (Å²) in [6.45, 7) is 0. The van der Waals surface area contributed by atoms with E-state index in [4.69, 9.17) is 11.6 Å². The number of hydrogen-bond acceptors (Lipinski definition) is 3. The maximum absolute atomic E-state index is 11.6. The molecule has 4 nitrogen and oxygen atoms in total. The lowest BCUT2D eigenvalue weighted by molar-refractivity contribution is 0.108. The Morgan fingerprint density at radius 2 is 2.00 bits per heavy atom. The number of pyridine rings is 1. The maximum Gasteiger partial charge on any atom is 0.293 e. The third-order valence-electron chi connectivity index (χ3n) is 2.48. The fraction of sp³-hybridized carbons (Fsp3) is 0.0909. The lowest BCUT2D eigenvalue weighted by atomic mass is 10.1. The second-order valence-electron chi connectivity index (χ2n) is 3.38. The molecule has 1 aromatic heterocycles. The highest BCUT2D eigenvalue weighted by molar-refractivity contribution is 6.69. The van der Waals surface area contributed by atoms with Gasteiger partial charge in [0.2, 0.25) is 0 Å². The Balaban J connectivity index is 3.10. The van der Waals surface area contributed by atoms with E-state index in [0.717, 1.165) is 0 Å². The molecule has 0 aliphatic carbocycles. The number of carbonyl (C=O) groups excluding carboxylic acids is 1. The van der Waals surface area contributed by atoms with E-state index in [1.165, 1.54) is 11.6 Å². The number of halogens is 1. The minimum absolute atomic E-state index is 0.139. The SMILES string of the molecule is Cn1c(=O)c(O)c(C(=O)Cl)c2ccccc21. The highest BCUT2D eigenvalue weighted by Gasteiger charge is 2.18. The Hall–Kier alpha value is -1.81. The van der Waals surface area contributed by atoms with Crippen molar-refractivity contribution in [3.05, 3.63) is 40.2 Å². The molecule has 0 saturated heterocycles. The van der Waals surface area contributed by atoms with E-state index >= 15 is 0 Å². The molecule has 1 heterocycles. The Morgan fingerprint density at radius 1 is 1.38 bits per heavy atom. The van der Waals surface area contributed by atoms with Gasteiger partial charge >= 0.3 is 0 Å². The van der Waals surface area contributed by atoms with Crippen LogP contribution < -0.4 is 5.56 Å². The first-order chi connectivity index (χ1) is 7.54. The first-order valence-electron chi connectivity index (χ1n) is 4.54. The molecule has 0 saturated carbocycles. The Morgan fingerprint density at radius 3 is 2.62 bits per heavy atom. The van der Waals surface area contributed by atoms with Gasteiger partial charge in [-0.25, -0.2) is 0 Å². The van der Waals surface area contributed by atoms with E-state index in [1.807, 2.05) is 0 Å². The number of hydrogen-bond donors (Lipinski definition) is 1. The van der Waals surface area contributed by atoms with E-state index < -0.39 is 16.6 Å². The zero-order valence-corrected chi connectivity index (χ0v) is 9.15. The molecule has 2 aromatic rings. The van der Waals surface area contributed by atoms with Crippen molar-refractivity contribution >= 4 is 27.7 Å². The van der Waals surface area contributed by atoms with Crippen LogP contribution in [0.5, 0.6) is 5.75 Å². The number of nitrogens with zero attached hydrogens (tertiary/aromatic N) is 1. The average Bonchev–Trinajstić information content (AvgIpc) is 2.26. The summed E-state index contributed by atoms with van der Waals surface area (Å²) in [6, 6.07) is 6.75. The molecule has 0 unspecified atom stereocenters. The highest BCUT2D eigenvalue weighted by atomic mass is 35.5. The summed E-state index contributed by atoms with van der Waals surface area (Å²) in [7, 11) is 1.52. The first kappa shape index (κ1) is 10.7. The van der Waals surface area contributed by atoms with Crippen LogP contribution in [0.2, 0.25) is 0 Å². The third kappa shape index (κ3) is 1.39. The quantitative estimate of drug-likeness (QED) is 0.767. The highest BCUT2D eigenvalue weighted by Crippen LogP contribution is 2.24. The molecule has 0 atom stereocenters. The number of fused-ring (bicyclic) bond motifs is 1. The van der Waals surface area contributed by atoms with Gasteiger partial charge in [0, 0.05) is 12.4 Å². The minimum atomic E-state index is -0.841. The molecule has 0 spiro atoms. The molecule has 0 radical (unpaired) electrons. The molecule has 0 aliphatic rings. The van der Waals surface area contributed by atoms with E-state index in [2.05, 4.69) is 0 Å². The van der Waals surface area contributed by atoms with Crippen molar-refractivity contribution in [3.8, 4) is 5.75 Å². The number of rotatable bonds is 1. The van der Waals surface area contributed by atoms with Gasteiger partial charge in [0.1, 0.15) is 0 Å². The smallest absolute Gasteiger partial charge is 0.293 e. The molecule has 2 rings (SSSR count). The van der Waals surface area contributed by atoms with Gasteiger partial charge in [0.15, 0.2) is 5.75 Å². The summed E-state index contributed by atoms with van der Waals surface area (Å²) >= 11 is 5.36. The van der Waals surface area contributed by atoms with Crippen LogP contribution >= 0.6 is 11.6 Å². The van der Waals surface area contributed by atoms with E-state index in [-0.39, 0.29) is 5.56 Å². The van der Waals surface area contributed by atoms with Crippen LogP contribution in [0, 0.1) is 0 Å². The number of benzene rings is 1. The summed E-state index contributed by atoms with van der Waals surface area (Å²) < 4.78 is 1.27. The molecule has 1 N–H and O–H groups in total. The lowest BCUT2D eigenvalue weighted by Gasteiger charge is -2.09. The molecular formula is C11H8ClNO3. The summed E-state index contributed by atoms with van der Waals surface area (Å²) in [4.78, 5) is 22.8. The Kier molecular flexibility index (Phi) is 2.44. The summed E-state index contributed by atoms with van der Waals surface area (Å²) in [5, 5.41) is 9.23. The summed E-state index contributed by atoms with van der Waals surface area (Å²) in [5.74, 6) is -0.610. The zero-order chi connectivity index (χ0) is 11.9. The number of aryl methyl sites for hydroxylation is 1. The van der Waals surface area contributed by atoms with E-state index in [1.54, 1.807) is 24.3 Å². The fourth-order valence-electron chi connectivity index (χ4n) is 1.68. The zero-order valence-electron chi connectivity index (χ0n) is 8.40. The van der Waals surface area contributed by atoms with E-state index in [0.29, 0.717) is 10.9 Å². The van der Waals surface area contributed by atoms with Crippen LogP contribution in [0.4, 0.5) is 0 Å². The van der Waals surface area contributed by atoms with Crippen LogP contribution in [0.3, 0.4) is 0 Å². The minimum Gasteiger partial charge on any atom is -0.502 e. The van der Waals surface area contributed by atoms with Gasteiger partial charge in [-0.3, -0.25) is 9.59 Å². The summed E-state index contributed by atoms with van der Waals surface area (Å²) in [5.41, 5.74) is -0.225. The van der Waals surface area contributed by atoms with Crippen molar-refractivity contribution in [2.45, 2.75) is 0 Å². The molecule has 0 fully saturated rings. The molecule has 5 heteroatoms. The third-order valence-corrected chi connectivity index (χ3v) is 2.66. The fourth-order valence-corrected chi connectivity index (χ4v) is 1.87. The molecule has 0 aliphatic heterocycles. The predicted octanol–water partition coefficient (Wildman–Crippen LogP) is 1.62. The van der Waals surface area contributed by atoms with Crippen molar-refractivity contribution in [3.63, 3.8) is 0 Å². The van der Waals surface area contributed by atoms with Gasteiger partial charge in [0.25, 0.3) is 10.8 Å². The lowest BCUT2D eigenvalue weighted by Crippen LogP contribution is -2.19. The second-order valence-corrected chi connectivity index (χ2v) is 3.72. The molecular weight excluding hydrogens is 230 g/mol. The van der Waals surface area contributed by atoms with Gasteiger partial charge in [-0.05, 0) is 17.7 Å². The Labute approximate surface area is 95.7 Å². The van der Waals surface area contributed by atoms with Gasteiger partial charge < -0.3 is 9.67 Å². The van der Waals surface area contributed by atoms with Gasteiger partial charge in [-0.15, -0.1) is 0 Å². The van der Waals surface area contributed by atoms with Crippen molar-refractivity contribution in [2.24, 2.45) is 7.05 Å². The van der Waals surface area contributed by atoms with Crippen molar-refractivity contribution in [1.82, 2.24) is 4.57 Å². The number of para-hydroxylation sites is 1. The van der Waals surface area contributed by atoms with E-state index in [9.17, 15) is 14.7 Å². The average molecular weight is 238 g/mol. The van der Waals surface area contributed by atoms with Gasteiger partial charge in [-0.2, -0.15) is 0 Å². The van der Waals surface area contributed by atoms with Crippen molar-refractivity contribution < 1.29 is 9.90 Å². The number of carbonyl (C=O) groups is 1. The number of aromatic hydroxyl groups is 1. The molecule has 1 aromatic carbocycles. The largest absolute Gasteiger partial charge is 0.502 e. The molecule has 0 bridgehead atoms. The molecule has 16 heavy (non-hydrogen) atoms. The normalized spacial score (nSPS) is 10.6. The van der Waals surface area contributed by atoms with Gasteiger partial charge in [-0.1, -0.05) is 18.2 Å². The topological polar surface area (TPSA) is 59.3 Å². The van der Waals surface area contributed by atoms with Crippen LogP contribution in [-0.2, 0) is 7.05 Å². The van der Waals surface area contributed by atoms with Crippen LogP contribution in [0.1, 0.15) is 10.4 Å². The van der Waals surface area contributed by atoms with Crippen LogP contribution in [0.25, 0.3) is 10.9 Å². The monoisotopic (exact) mass is 237 g/mol. The van der Waals surface area contributed by atoms with Crippen molar-refractivity contribution in [2.75, 3.05) is 0 Å². The predicted molar refractivity (Wildman–Crippen MR) is 61.0 cm³/mol. The van der Waals surface area contributed by atoms with Crippen molar-refractivity contribution in [1.29, 1.82) is 0 Å². The van der Waals surface area contributed by atoms with Crippen LogP contribution in [0.15, 0.2) is 29.1 Å².